The second-order valence-corrected chi connectivity index (χ2v) is 7.02. The van der Waals surface area contributed by atoms with Crippen LogP contribution in [-0.2, 0) is 4.74 Å². The van der Waals surface area contributed by atoms with E-state index in [1.807, 2.05) is 0 Å². The van der Waals surface area contributed by atoms with Gasteiger partial charge in [-0.2, -0.15) is 0 Å². The molecule has 2 saturated heterocycles. The fraction of sp³-hybridized carbons (Fsp3) is 0.632. The van der Waals surface area contributed by atoms with Gasteiger partial charge in [-0.15, -0.1) is 12.4 Å². The van der Waals surface area contributed by atoms with E-state index in [2.05, 4.69) is 4.90 Å². The first-order valence-electron chi connectivity index (χ1n) is 9.38. The Hall–Kier alpha value is -1.28. The molecule has 8 heteroatoms. The van der Waals surface area contributed by atoms with Crippen LogP contribution in [0.25, 0.3) is 0 Å². The Morgan fingerprint density at radius 2 is 1.78 bits per heavy atom. The van der Waals surface area contributed by atoms with Crippen LogP contribution in [0.1, 0.15) is 36.0 Å². The van der Waals surface area contributed by atoms with E-state index >= 15 is 0 Å². The van der Waals surface area contributed by atoms with Crippen LogP contribution < -0.4 is 5.73 Å². The second-order valence-electron chi connectivity index (χ2n) is 7.02. The molecule has 1 aromatic rings. The monoisotopic (exact) mass is 403 g/mol. The minimum Gasteiger partial charge on any atom is -0.381 e. The zero-order valence-electron chi connectivity index (χ0n) is 15.4. The van der Waals surface area contributed by atoms with Crippen molar-refractivity contribution in [2.75, 3.05) is 39.4 Å². The van der Waals surface area contributed by atoms with Crippen molar-refractivity contribution in [1.82, 2.24) is 9.80 Å². The third-order valence-corrected chi connectivity index (χ3v) is 5.43. The lowest BCUT2D eigenvalue weighted by molar-refractivity contribution is 0.00412. The molecule has 2 heterocycles. The molecule has 2 fully saturated rings. The maximum absolute atomic E-state index is 13.9. The summed E-state index contributed by atoms with van der Waals surface area (Å²) >= 11 is 0. The van der Waals surface area contributed by atoms with Crippen LogP contribution >= 0.6 is 12.4 Å². The number of benzene rings is 1. The van der Waals surface area contributed by atoms with Crippen LogP contribution in [0.3, 0.4) is 0 Å². The Labute approximate surface area is 165 Å². The number of rotatable bonds is 5. The van der Waals surface area contributed by atoms with Gasteiger partial charge in [0.25, 0.3) is 5.91 Å². The van der Waals surface area contributed by atoms with Gasteiger partial charge in [0.05, 0.1) is 5.56 Å². The summed E-state index contributed by atoms with van der Waals surface area (Å²) in [6.07, 6.45) is 3.71. The molecular weight excluding hydrogens is 376 g/mol. The molecule has 0 spiro atoms. The van der Waals surface area contributed by atoms with E-state index in [1.54, 1.807) is 4.90 Å². The van der Waals surface area contributed by atoms with E-state index in [0.29, 0.717) is 31.7 Å². The number of piperidine rings is 1. The number of hydrogen-bond acceptors (Lipinski definition) is 4. The smallest absolute Gasteiger partial charge is 0.256 e. The molecular formula is C19H28ClF2N3O2. The van der Waals surface area contributed by atoms with Crippen molar-refractivity contribution in [3.63, 3.8) is 0 Å². The number of carbonyl (C=O) groups excluding carboxylic acids is 1. The van der Waals surface area contributed by atoms with Crippen molar-refractivity contribution in [1.29, 1.82) is 0 Å². The summed E-state index contributed by atoms with van der Waals surface area (Å²) in [5, 5.41) is 0. The molecule has 5 nitrogen and oxygen atoms in total. The Morgan fingerprint density at radius 3 is 2.37 bits per heavy atom. The van der Waals surface area contributed by atoms with E-state index in [9.17, 15) is 13.6 Å². The first-order valence-corrected chi connectivity index (χ1v) is 9.38. The topological polar surface area (TPSA) is 58.8 Å². The quantitative estimate of drug-likeness (QED) is 0.820. The molecule has 0 radical (unpaired) electrons. The molecule has 2 aliphatic rings. The first kappa shape index (κ1) is 22.0. The minimum atomic E-state index is -0.802. The molecule has 0 unspecified atom stereocenters. The van der Waals surface area contributed by atoms with Gasteiger partial charge >= 0.3 is 0 Å². The fourth-order valence-corrected chi connectivity index (χ4v) is 4.06. The van der Waals surface area contributed by atoms with Crippen molar-refractivity contribution < 1.29 is 18.3 Å². The summed E-state index contributed by atoms with van der Waals surface area (Å²) < 4.78 is 32.4. The number of nitrogens with two attached hydrogens (primary N) is 1. The van der Waals surface area contributed by atoms with Gasteiger partial charge in [-0.1, -0.05) is 0 Å². The fourth-order valence-electron chi connectivity index (χ4n) is 4.06. The number of nitrogens with zero attached hydrogens (tertiary/aromatic N) is 2. The van der Waals surface area contributed by atoms with E-state index in [0.717, 1.165) is 57.6 Å². The summed E-state index contributed by atoms with van der Waals surface area (Å²) in [6.45, 7) is 4.17. The molecule has 2 aliphatic heterocycles. The summed E-state index contributed by atoms with van der Waals surface area (Å²) in [5.41, 5.74) is 5.75. The summed E-state index contributed by atoms with van der Waals surface area (Å²) in [4.78, 5) is 16.7. The van der Waals surface area contributed by atoms with Gasteiger partial charge in [0.15, 0.2) is 0 Å². The van der Waals surface area contributed by atoms with E-state index in [4.69, 9.17) is 10.5 Å². The van der Waals surface area contributed by atoms with Crippen LogP contribution in [0.5, 0.6) is 0 Å². The van der Waals surface area contributed by atoms with Crippen molar-refractivity contribution in [3.8, 4) is 0 Å². The number of hydrogen-bond donors (Lipinski definition) is 1. The third kappa shape index (κ3) is 5.38. The number of likely N-dealkylation sites (tertiary alicyclic amines) is 1. The molecule has 0 aliphatic carbocycles. The first-order chi connectivity index (χ1) is 12.6. The molecule has 1 aromatic carbocycles. The SMILES string of the molecule is Cl.NCCN(C1CCOCC1)C1CCN(C(=O)c2ccc(F)cc2F)CC1. The second kappa shape index (κ2) is 10.3. The molecule has 0 saturated carbocycles. The van der Waals surface area contributed by atoms with Gasteiger partial charge < -0.3 is 15.4 Å². The zero-order valence-corrected chi connectivity index (χ0v) is 16.2. The molecule has 152 valence electrons. The van der Waals surface area contributed by atoms with Gasteiger partial charge in [0, 0.05) is 57.5 Å². The minimum absolute atomic E-state index is 0. The van der Waals surface area contributed by atoms with Gasteiger partial charge in [-0.05, 0) is 37.8 Å². The Bertz CT molecular complexity index is 621. The maximum Gasteiger partial charge on any atom is 0.256 e. The molecule has 0 bridgehead atoms. The van der Waals surface area contributed by atoms with Crippen LogP contribution in [0.4, 0.5) is 8.78 Å². The molecule has 2 N–H and O–H groups in total. The predicted octanol–water partition coefficient (Wildman–Crippen LogP) is 2.43. The normalized spacial score (nSPS) is 19.2. The molecule has 3 rings (SSSR count). The Balaban J connectivity index is 0.00000261. The molecule has 27 heavy (non-hydrogen) atoms. The van der Waals surface area contributed by atoms with Gasteiger partial charge in [-0.3, -0.25) is 9.69 Å². The highest BCUT2D eigenvalue weighted by Gasteiger charge is 2.32. The number of ether oxygens (including phenoxy) is 1. The van der Waals surface area contributed by atoms with Crippen LogP contribution in [-0.4, -0.2) is 67.2 Å². The molecule has 1 amide bonds. The average molecular weight is 404 g/mol. The number of amides is 1. The highest BCUT2D eigenvalue weighted by atomic mass is 35.5. The highest BCUT2D eigenvalue weighted by Crippen LogP contribution is 2.24. The summed E-state index contributed by atoms with van der Waals surface area (Å²) in [5.74, 6) is -1.84. The van der Waals surface area contributed by atoms with Crippen LogP contribution in [0, 0.1) is 11.6 Å². The van der Waals surface area contributed by atoms with Crippen molar-refractivity contribution in [2.45, 2.75) is 37.8 Å². The average Bonchev–Trinajstić information content (AvgIpc) is 2.66. The summed E-state index contributed by atoms with van der Waals surface area (Å²) in [6, 6.07) is 3.96. The molecule has 0 aromatic heterocycles. The Morgan fingerprint density at radius 1 is 1.15 bits per heavy atom. The van der Waals surface area contributed by atoms with E-state index in [1.165, 1.54) is 6.07 Å². The Kier molecular flexibility index (Phi) is 8.41. The van der Waals surface area contributed by atoms with Crippen molar-refractivity contribution in [3.05, 3.63) is 35.4 Å². The lowest BCUT2D eigenvalue weighted by Crippen LogP contribution is -2.52. The van der Waals surface area contributed by atoms with E-state index in [-0.39, 0.29) is 23.9 Å². The van der Waals surface area contributed by atoms with Crippen molar-refractivity contribution in [2.24, 2.45) is 5.73 Å². The largest absolute Gasteiger partial charge is 0.381 e. The lowest BCUT2D eigenvalue weighted by atomic mass is 9.97. The highest BCUT2D eigenvalue weighted by molar-refractivity contribution is 5.94. The zero-order chi connectivity index (χ0) is 18.5. The standard InChI is InChI=1S/C19H27F2N3O2.ClH/c20-14-1-2-17(18(21)13-14)19(25)23-8-3-15(4-9-23)24(10-7-22)16-5-11-26-12-6-16;/h1-2,13,15-16H,3-12,22H2;1H. The predicted molar refractivity (Wildman–Crippen MR) is 102 cm³/mol. The van der Waals surface area contributed by atoms with Crippen LogP contribution in [0.2, 0.25) is 0 Å². The number of carbonyl (C=O) groups is 1. The van der Waals surface area contributed by atoms with Crippen molar-refractivity contribution >= 4 is 18.3 Å². The lowest BCUT2D eigenvalue weighted by Gasteiger charge is -2.43. The van der Waals surface area contributed by atoms with Gasteiger partial charge in [0.2, 0.25) is 0 Å². The molecule has 0 atom stereocenters. The summed E-state index contributed by atoms with van der Waals surface area (Å²) in [7, 11) is 0. The maximum atomic E-state index is 13.9. The van der Waals surface area contributed by atoms with Crippen LogP contribution in [0.15, 0.2) is 18.2 Å². The third-order valence-electron chi connectivity index (χ3n) is 5.43. The number of halogens is 3. The van der Waals surface area contributed by atoms with E-state index < -0.39 is 11.6 Å². The van der Waals surface area contributed by atoms with Gasteiger partial charge in [-0.25, -0.2) is 8.78 Å². The van der Waals surface area contributed by atoms with Gasteiger partial charge in [0.1, 0.15) is 11.6 Å².